The molecule has 2 atom stereocenters. The highest BCUT2D eigenvalue weighted by atomic mass is 16.2. The summed E-state index contributed by atoms with van der Waals surface area (Å²) in [6.45, 7) is 5.03. The maximum Gasteiger partial charge on any atom is 0.319 e. The van der Waals surface area contributed by atoms with Crippen molar-refractivity contribution in [1.82, 2.24) is 14.7 Å². The zero-order valence-electron chi connectivity index (χ0n) is 11.1. The predicted octanol–water partition coefficient (Wildman–Crippen LogP) is 0.919. The van der Waals surface area contributed by atoms with E-state index in [-0.39, 0.29) is 24.0 Å². The van der Waals surface area contributed by atoms with Crippen molar-refractivity contribution in [1.29, 1.82) is 0 Å². The van der Waals surface area contributed by atoms with Crippen LogP contribution in [0.1, 0.15) is 19.3 Å². The predicted molar refractivity (Wildman–Crippen MR) is 69.1 cm³/mol. The zero-order chi connectivity index (χ0) is 13.3. The van der Waals surface area contributed by atoms with Crippen LogP contribution in [0.15, 0.2) is 12.7 Å². The molecule has 0 radical (unpaired) electrons. The Kier molecular flexibility index (Phi) is 3.59. The minimum absolute atomic E-state index is 0.0513. The highest BCUT2D eigenvalue weighted by molar-refractivity contribution is 5.79. The molecule has 2 fully saturated rings. The Balaban J connectivity index is 2.14. The minimum atomic E-state index is 0.0513. The van der Waals surface area contributed by atoms with Gasteiger partial charge < -0.3 is 14.7 Å². The van der Waals surface area contributed by atoms with Crippen LogP contribution in [0.25, 0.3) is 0 Å². The summed E-state index contributed by atoms with van der Waals surface area (Å²) in [5.41, 5.74) is 0. The van der Waals surface area contributed by atoms with Crippen LogP contribution in [0.3, 0.4) is 0 Å². The number of hydrogen-bond donors (Lipinski definition) is 0. The van der Waals surface area contributed by atoms with E-state index >= 15 is 0 Å². The standard InChI is InChI=1S/C13H21N3O2/c1-4-8-15-11-7-9-16(13(18)14(2)3)10(11)5-6-12(15)17/h4,10-11H,1,5-9H2,2-3H3/t10-,11-/m0/s1. The average molecular weight is 251 g/mol. The van der Waals surface area contributed by atoms with Crippen LogP contribution in [0.4, 0.5) is 4.79 Å². The van der Waals surface area contributed by atoms with Crippen molar-refractivity contribution in [3.05, 3.63) is 12.7 Å². The van der Waals surface area contributed by atoms with Gasteiger partial charge >= 0.3 is 6.03 Å². The Morgan fingerprint density at radius 1 is 1.44 bits per heavy atom. The summed E-state index contributed by atoms with van der Waals surface area (Å²) in [5.74, 6) is 0.190. The number of hydrogen-bond acceptors (Lipinski definition) is 2. The number of fused-ring (bicyclic) bond motifs is 1. The molecule has 0 unspecified atom stereocenters. The molecule has 2 rings (SSSR count). The molecule has 5 heteroatoms. The van der Waals surface area contributed by atoms with Gasteiger partial charge in [-0.2, -0.15) is 0 Å². The number of rotatable bonds is 2. The maximum absolute atomic E-state index is 12.1. The van der Waals surface area contributed by atoms with Gasteiger partial charge in [0.25, 0.3) is 0 Å². The molecule has 3 amide bonds. The van der Waals surface area contributed by atoms with Gasteiger partial charge in [-0.25, -0.2) is 4.79 Å². The van der Waals surface area contributed by atoms with Crippen molar-refractivity contribution < 1.29 is 9.59 Å². The van der Waals surface area contributed by atoms with E-state index in [9.17, 15) is 9.59 Å². The molecule has 18 heavy (non-hydrogen) atoms. The second-order valence-electron chi connectivity index (χ2n) is 5.17. The van der Waals surface area contributed by atoms with Crippen LogP contribution < -0.4 is 0 Å². The van der Waals surface area contributed by atoms with Crippen LogP contribution >= 0.6 is 0 Å². The molecule has 2 aliphatic rings. The minimum Gasteiger partial charge on any atom is -0.334 e. The number of likely N-dealkylation sites (tertiary alicyclic amines) is 2. The van der Waals surface area contributed by atoms with E-state index in [1.165, 1.54) is 0 Å². The van der Waals surface area contributed by atoms with Gasteiger partial charge in [0.1, 0.15) is 0 Å². The summed E-state index contributed by atoms with van der Waals surface area (Å²) in [7, 11) is 3.54. The SMILES string of the molecule is C=CCN1C(=O)CC[C@H]2[C@@H]1CCN2C(=O)N(C)C. The van der Waals surface area contributed by atoms with Crippen molar-refractivity contribution in [2.75, 3.05) is 27.2 Å². The van der Waals surface area contributed by atoms with Gasteiger partial charge in [0.15, 0.2) is 0 Å². The fourth-order valence-electron chi connectivity index (χ4n) is 3.02. The van der Waals surface area contributed by atoms with E-state index in [4.69, 9.17) is 0 Å². The molecule has 2 aliphatic heterocycles. The molecule has 5 nitrogen and oxygen atoms in total. The van der Waals surface area contributed by atoms with Crippen molar-refractivity contribution in [2.24, 2.45) is 0 Å². The van der Waals surface area contributed by atoms with Gasteiger partial charge in [-0.05, 0) is 12.8 Å². The molecule has 0 N–H and O–H groups in total. The Labute approximate surface area is 108 Å². The molecule has 0 saturated carbocycles. The second kappa shape index (κ2) is 5.00. The lowest BCUT2D eigenvalue weighted by molar-refractivity contribution is -0.136. The van der Waals surface area contributed by atoms with Gasteiger partial charge in [0, 0.05) is 33.6 Å². The summed E-state index contributed by atoms with van der Waals surface area (Å²) >= 11 is 0. The van der Waals surface area contributed by atoms with Gasteiger partial charge in [0.2, 0.25) is 5.91 Å². The van der Waals surface area contributed by atoms with Gasteiger partial charge in [-0.3, -0.25) is 4.79 Å². The lowest BCUT2D eigenvalue weighted by atomic mass is 9.96. The maximum atomic E-state index is 12.1. The molecule has 0 bridgehead atoms. The number of carbonyl (C=O) groups is 2. The van der Waals surface area contributed by atoms with Crippen molar-refractivity contribution in [3.8, 4) is 0 Å². The van der Waals surface area contributed by atoms with E-state index in [1.54, 1.807) is 25.1 Å². The molecule has 0 aliphatic carbocycles. The van der Waals surface area contributed by atoms with E-state index in [0.29, 0.717) is 13.0 Å². The summed E-state index contributed by atoms with van der Waals surface area (Å²) in [4.78, 5) is 29.4. The first-order valence-electron chi connectivity index (χ1n) is 6.44. The Bertz CT molecular complexity index is 367. The molecule has 0 aromatic heterocycles. The van der Waals surface area contributed by atoms with Gasteiger partial charge in [0.05, 0.1) is 12.1 Å². The molecular weight excluding hydrogens is 230 g/mol. The van der Waals surface area contributed by atoms with Crippen LogP contribution in [0.5, 0.6) is 0 Å². The largest absolute Gasteiger partial charge is 0.334 e. The molecule has 0 aromatic rings. The lowest BCUT2D eigenvalue weighted by Crippen LogP contribution is -2.54. The van der Waals surface area contributed by atoms with Gasteiger partial charge in [-0.1, -0.05) is 6.08 Å². The highest BCUT2D eigenvalue weighted by Gasteiger charge is 2.44. The summed E-state index contributed by atoms with van der Waals surface area (Å²) in [6, 6.07) is 0.404. The normalized spacial score (nSPS) is 27.1. The molecule has 0 spiro atoms. The summed E-state index contributed by atoms with van der Waals surface area (Å²) in [6.07, 6.45) is 3.96. The topological polar surface area (TPSA) is 43.9 Å². The van der Waals surface area contributed by atoms with Crippen molar-refractivity contribution in [3.63, 3.8) is 0 Å². The fraction of sp³-hybridized carbons (Fsp3) is 0.692. The van der Waals surface area contributed by atoms with Crippen LogP contribution in [-0.4, -0.2) is 65.9 Å². The molecular formula is C13H21N3O2. The quantitative estimate of drug-likeness (QED) is 0.685. The van der Waals surface area contributed by atoms with Gasteiger partial charge in [-0.15, -0.1) is 6.58 Å². The third-order valence-electron chi connectivity index (χ3n) is 3.84. The lowest BCUT2D eigenvalue weighted by Gasteiger charge is -2.39. The van der Waals surface area contributed by atoms with E-state index in [0.717, 1.165) is 19.4 Å². The van der Waals surface area contributed by atoms with E-state index in [1.807, 2.05) is 9.80 Å². The first-order valence-corrected chi connectivity index (χ1v) is 6.44. The van der Waals surface area contributed by atoms with E-state index in [2.05, 4.69) is 6.58 Å². The number of urea groups is 1. The molecule has 100 valence electrons. The zero-order valence-corrected chi connectivity index (χ0v) is 11.1. The Morgan fingerprint density at radius 3 is 2.78 bits per heavy atom. The Morgan fingerprint density at radius 2 is 2.17 bits per heavy atom. The molecule has 2 saturated heterocycles. The smallest absolute Gasteiger partial charge is 0.319 e. The van der Waals surface area contributed by atoms with Crippen LogP contribution in [0.2, 0.25) is 0 Å². The first kappa shape index (κ1) is 12.9. The van der Waals surface area contributed by atoms with E-state index < -0.39 is 0 Å². The van der Waals surface area contributed by atoms with Crippen molar-refractivity contribution >= 4 is 11.9 Å². The highest BCUT2D eigenvalue weighted by Crippen LogP contribution is 2.31. The number of piperidine rings is 1. The number of carbonyl (C=O) groups excluding carboxylic acids is 2. The van der Waals surface area contributed by atoms with Crippen molar-refractivity contribution in [2.45, 2.75) is 31.3 Å². The third-order valence-corrected chi connectivity index (χ3v) is 3.84. The summed E-state index contributed by atoms with van der Waals surface area (Å²) < 4.78 is 0. The molecule has 2 heterocycles. The Hall–Kier alpha value is -1.52. The third kappa shape index (κ3) is 2.09. The number of nitrogens with zero attached hydrogens (tertiary/aromatic N) is 3. The average Bonchev–Trinajstić information content (AvgIpc) is 2.75. The first-order chi connectivity index (χ1) is 8.56. The van der Waals surface area contributed by atoms with Crippen LogP contribution in [-0.2, 0) is 4.79 Å². The second-order valence-corrected chi connectivity index (χ2v) is 5.17. The number of amides is 3. The monoisotopic (exact) mass is 251 g/mol. The van der Waals surface area contributed by atoms with Crippen LogP contribution in [0, 0.1) is 0 Å². The molecule has 0 aromatic carbocycles. The fourth-order valence-corrected chi connectivity index (χ4v) is 3.02. The summed E-state index contributed by atoms with van der Waals surface area (Å²) in [5, 5.41) is 0.